The van der Waals surface area contributed by atoms with Crippen molar-refractivity contribution in [2.24, 2.45) is 0 Å². The van der Waals surface area contributed by atoms with Crippen LogP contribution in [0.3, 0.4) is 0 Å². The number of piperazine rings is 1. The number of hydrogen-bond acceptors (Lipinski definition) is 5. The van der Waals surface area contributed by atoms with Crippen LogP contribution in [0.2, 0.25) is 0 Å². The van der Waals surface area contributed by atoms with Gasteiger partial charge in [0.15, 0.2) is 0 Å². The van der Waals surface area contributed by atoms with Gasteiger partial charge in [0.25, 0.3) is 0 Å². The molecule has 1 aromatic heterocycles. The lowest BCUT2D eigenvalue weighted by atomic mass is 10.1. The van der Waals surface area contributed by atoms with Crippen molar-refractivity contribution in [1.82, 2.24) is 9.21 Å². The SMILES string of the molecule is COc1ccc2c(CC(=O)N3CCN(S(C)(=O)=O)CC3)coc2c1. The van der Waals surface area contributed by atoms with E-state index < -0.39 is 10.0 Å². The third-order valence-electron chi connectivity index (χ3n) is 4.26. The molecular formula is C16H20N2O5S. The summed E-state index contributed by atoms with van der Waals surface area (Å²) in [5, 5.41) is 0.888. The lowest BCUT2D eigenvalue weighted by Crippen LogP contribution is -2.50. The van der Waals surface area contributed by atoms with Gasteiger partial charge in [0.1, 0.15) is 11.3 Å². The van der Waals surface area contributed by atoms with Gasteiger partial charge in [-0.05, 0) is 12.1 Å². The van der Waals surface area contributed by atoms with Crippen LogP contribution in [0.15, 0.2) is 28.9 Å². The van der Waals surface area contributed by atoms with E-state index in [1.54, 1.807) is 24.3 Å². The molecule has 1 aliphatic heterocycles. The van der Waals surface area contributed by atoms with Crippen molar-refractivity contribution >= 4 is 26.9 Å². The molecule has 3 rings (SSSR count). The number of hydrogen-bond donors (Lipinski definition) is 0. The van der Waals surface area contributed by atoms with Crippen molar-refractivity contribution in [3.8, 4) is 5.75 Å². The Morgan fingerprint density at radius 1 is 1.25 bits per heavy atom. The van der Waals surface area contributed by atoms with Gasteiger partial charge < -0.3 is 14.1 Å². The van der Waals surface area contributed by atoms with Gasteiger partial charge in [-0.15, -0.1) is 0 Å². The number of nitrogens with zero attached hydrogens (tertiary/aromatic N) is 2. The van der Waals surface area contributed by atoms with Crippen LogP contribution in [0.25, 0.3) is 11.0 Å². The molecular weight excluding hydrogens is 332 g/mol. The van der Waals surface area contributed by atoms with Crippen LogP contribution >= 0.6 is 0 Å². The van der Waals surface area contributed by atoms with Gasteiger partial charge in [-0.2, -0.15) is 4.31 Å². The predicted molar refractivity (Wildman–Crippen MR) is 89.5 cm³/mol. The first-order chi connectivity index (χ1) is 11.4. The maximum atomic E-state index is 12.5. The van der Waals surface area contributed by atoms with Crippen LogP contribution in [0, 0.1) is 0 Å². The quantitative estimate of drug-likeness (QED) is 0.823. The number of benzene rings is 1. The Hall–Kier alpha value is -2.06. The number of furan rings is 1. The zero-order valence-corrected chi connectivity index (χ0v) is 14.5. The molecule has 0 bridgehead atoms. The molecule has 0 radical (unpaired) electrons. The molecule has 2 aromatic rings. The molecule has 2 heterocycles. The number of methoxy groups -OCH3 is 1. The zero-order chi connectivity index (χ0) is 17.3. The second-order valence-electron chi connectivity index (χ2n) is 5.84. The third-order valence-corrected chi connectivity index (χ3v) is 5.57. The first-order valence-electron chi connectivity index (χ1n) is 7.65. The molecule has 1 aromatic carbocycles. The van der Waals surface area contributed by atoms with E-state index >= 15 is 0 Å². The highest BCUT2D eigenvalue weighted by Gasteiger charge is 2.26. The van der Waals surface area contributed by atoms with Gasteiger partial charge in [0.05, 0.1) is 26.0 Å². The number of amides is 1. The lowest BCUT2D eigenvalue weighted by Gasteiger charge is -2.33. The Balaban J connectivity index is 1.68. The number of rotatable bonds is 4. The number of carbonyl (C=O) groups excluding carboxylic acids is 1. The van der Waals surface area contributed by atoms with E-state index in [2.05, 4.69) is 0 Å². The monoisotopic (exact) mass is 352 g/mol. The zero-order valence-electron chi connectivity index (χ0n) is 13.7. The normalized spacial score (nSPS) is 16.5. The number of fused-ring (bicyclic) bond motifs is 1. The fourth-order valence-electron chi connectivity index (χ4n) is 2.87. The maximum Gasteiger partial charge on any atom is 0.227 e. The molecule has 0 saturated carbocycles. The molecule has 0 N–H and O–H groups in total. The van der Waals surface area contributed by atoms with Crippen molar-refractivity contribution in [1.29, 1.82) is 0 Å². The van der Waals surface area contributed by atoms with Crippen molar-refractivity contribution < 1.29 is 22.4 Å². The van der Waals surface area contributed by atoms with Crippen LogP contribution in [-0.2, 0) is 21.2 Å². The summed E-state index contributed by atoms with van der Waals surface area (Å²) in [4.78, 5) is 14.2. The van der Waals surface area contributed by atoms with Gasteiger partial charge in [0.2, 0.25) is 15.9 Å². The second-order valence-corrected chi connectivity index (χ2v) is 7.83. The van der Waals surface area contributed by atoms with Gasteiger partial charge in [0, 0.05) is 43.2 Å². The lowest BCUT2D eigenvalue weighted by molar-refractivity contribution is -0.131. The number of sulfonamides is 1. The maximum absolute atomic E-state index is 12.5. The van der Waals surface area contributed by atoms with E-state index in [4.69, 9.17) is 9.15 Å². The Morgan fingerprint density at radius 2 is 1.96 bits per heavy atom. The topological polar surface area (TPSA) is 80.1 Å². The molecule has 1 saturated heterocycles. The summed E-state index contributed by atoms with van der Waals surface area (Å²) in [6.07, 6.45) is 3.02. The van der Waals surface area contributed by atoms with Gasteiger partial charge in [-0.25, -0.2) is 8.42 Å². The summed E-state index contributed by atoms with van der Waals surface area (Å²) in [6, 6.07) is 5.49. The van der Waals surface area contributed by atoms with Crippen molar-refractivity contribution in [2.75, 3.05) is 39.5 Å². The van der Waals surface area contributed by atoms with E-state index in [0.717, 1.165) is 10.9 Å². The standard InChI is InChI=1S/C16H20N2O5S/c1-22-13-3-4-14-12(11-23-15(14)10-13)9-16(19)17-5-7-18(8-6-17)24(2,20)21/h3-4,10-11H,5-9H2,1-2H3. The number of ether oxygens (including phenoxy) is 1. The summed E-state index contributed by atoms with van der Waals surface area (Å²) in [7, 11) is -1.60. The Kier molecular flexibility index (Phi) is 4.51. The summed E-state index contributed by atoms with van der Waals surface area (Å²) >= 11 is 0. The van der Waals surface area contributed by atoms with Crippen molar-refractivity contribution in [3.05, 3.63) is 30.0 Å². The smallest absolute Gasteiger partial charge is 0.227 e. The average Bonchev–Trinajstić information content (AvgIpc) is 2.96. The summed E-state index contributed by atoms with van der Waals surface area (Å²) in [5.41, 5.74) is 1.50. The van der Waals surface area contributed by atoms with Gasteiger partial charge in [-0.3, -0.25) is 4.79 Å². The molecule has 7 nitrogen and oxygen atoms in total. The molecule has 1 aliphatic rings. The largest absolute Gasteiger partial charge is 0.497 e. The van der Waals surface area contributed by atoms with E-state index in [0.29, 0.717) is 37.5 Å². The minimum Gasteiger partial charge on any atom is -0.497 e. The Labute approximate surface area is 140 Å². The van der Waals surface area contributed by atoms with Gasteiger partial charge >= 0.3 is 0 Å². The molecule has 24 heavy (non-hydrogen) atoms. The molecule has 0 spiro atoms. The van der Waals surface area contributed by atoms with E-state index in [1.807, 2.05) is 12.1 Å². The highest BCUT2D eigenvalue weighted by molar-refractivity contribution is 7.88. The first kappa shape index (κ1) is 16.8. The van der Waals surface area contributed by atoms with Crippen LogP contribution in [0.1, 0.15) is 5.56 Å². The molecule has 0 unspecified atom stereocenters. The van der Waals surface area contributed by atoms with Gasteiger partial charge in [-0.1, -0.05) is 0 Å². The van der Waals surface area contributed by atoms with Crippen LogP contribution < -0.4 is 4.74 Å². The van der Waals surface area contributed by atoms with Crippen LogP contribution in [0.5, 0.6) is 5.75 Å². The average molecular weight is 352 g/mol. The predicted octanol–water partition coefficient (Wildman–Crippen LogP) is 1.09. The Morgan fingerprint density at radius 3 is 2.58 bits per heavy atom. The molecule has 0 aliphatic carbocycles. The van der Waals surface area contributed by atoms with Crippen LogP contribution in [-0.4, -0.2) is 63.1 Å². The van der Waals surface area contributed by atoms with Crippen molar-refractivity contribution in [3.63, 3.8) is 0 Å². The minimum atomic E-state index is -3.19. The van der Waals surface area contributed by atoms with Crippen LogP contribution in [0.4, 0.5) is 0 Å². The molecule has 0 atom stereocenters. The fraction of sp³-hybridized carbons (Fsp3) is 0.438. The molecule has 8 heteroatoms. The minimum absolute atomic E-state index is 0.0262. The highest BCUT2D eigenvalue weighted by atomic mass is 32.2. The van der Waals surface area contributed by atoms with Crippen molar-refractivity contribution in [2.45, 2.75) is 6.42 Å². The first-order valence-corrected chi connectivity index (χ1v) is 9.50. The second kappa shape index (κ2) is 6.45. The molecule has 130 valence electrons. The molecule has 1 amide bonds. The van der Waals surface area contributed by atoms with E-state index in [1.165, 1.54) is 10.6 Å². The van der Waals surface area contributed by atoms with E-state index in [-0.39, 0.29) is 12.3 Å². The highest BCUT2D eigenvalue weighted by Crippen LogP contribution is 2.26. The number of carbonyl (C=O) groups is 1. The summed E-state index contributed by atoms with van der Waals surface area (Å²) < 4.78 is 35.1. The third kappa shape index (κ3) is 3.39. The summed E-state index contributed by atoms with van der Waals surface area (Å²) in [5.74, 6) is 0.674. The summed E-state index contributed by atoms with van der Waals surface area (Å²) in [6.45, 7) is 1.51. The fourth-order valence-corrected chi connectivity index (χ4v) is 3.70. The van der Waals surface area contributed by atoms with E-state index in [9.17, 15) is 13.2 Å². The Bertz CT molecular complexity index is 850. The molecule has 1 fully saturated rings.